The van der Waals surface area contributed by atoms with Gasteiger partial charge < -0.3 is 9.47 Å². The molecule has 10 heteroatoms. The maximum absolute atomic E-state index is 13.8. The molecule has 0 radical (unpaired) electrons. The Morgan fingerprint density at radius 2 is 1.57 bits per heavy atom. The van der Waals surface area contributed by atoms with Gasteiger partial charge in [0.25, 0.3) is 0 Å². The molecule has 2 aliphatic rings. The fourth-order valence-electron chi connectivity index (χ4n) is 6.94. The normalized spacial score (nSPS) is 17.7. The second kappa shape index (κ2) is 14.4. The Kier molecular flexibility index (Phi) is 9.77. The third-order valence-electron chi connectivity index (χ3n) is 9.75. The van der Waals surface area contributed by atoms with Crippen molar-refractivity contribution < 1.29 is 28.7 Å². The van der Waals surface area contributed by atoms with E-state index < -0.39 is 12.1 Å². The van der Waals surface area contributed by atoms with E-state index in [0.29, 0.717) is 60.8 Å². The van der Waals surface area contributed by atoms with Crippen LogP contribution in [0.3, 0.4) is 0 Å². The molecule has 1 aliphatic heterocycles. The number of hydrogen-bond donors (Lipinski definition) is 0. The zero-order valence-electron chi connectivity index (χ0n) is 28.0. The first-order chi connectivity index (χ1) is 24.6. The molecule has 0 spiro atoms. The second-order valence-corrected chi connectivity index (χ2v) is 14.2. The first kappa shape index (κ1) is 34.6. The fraction of sp³-hybridized carbons (Fsp3) is 0.244. The van der Waals surface area contributed by atoms with Crippen LogP contribution in [0, 0.1) is 18.8 Å². The van der Waals surface area contributed by atoms with Gasteiger partial charge in [-0.1, -0.05) is 66.9 Å². The smallest absolute Gasteiger partial charge is 0.339 e. The number of aromatic nitrogens is 1. The van der Waals surface area contributed by atoms with Gasteiger partial charge in [0, 0.05) is 21.0 Å². The highest BCUT2D eigenvalue weighted by atomic mass is 79.9. The van der Waals surface area contributed by atoms with Gasteiger partial charge in [0.15, 0.2) is 6.10 Å². The summed E-state index contributed by atoms with van der Waals surface area (Å²) in [6, 6.07) is 26.8. The SMILES string of the molecule is Cc1c(Cl)c(Br)cc2c(C(=O)OC(C)C(=O)c3ccc(OCc4ccccc4)cc3)cc(-c3ccc(N4C(=O)C5CCCCC5C4=O)cc3)nc12. The average Bonchev–Trinajstić information content (AvgIpc) is 3.41. The third-order valence-corrected chi connectivity index (χ3v) is 11.1. The van der Waals surface area contributed by atoms with Crippen molar-refractivity contribution in [3.63, 3.8) is 0 Å². The summed E-state index contributed by atoms with van der Waals surface area (Å²) in [6.07, 6.45) is 2.30. The number of ether oxygens (including phenoxy) is 2. The van der Waals surface area contributed by atoms with Crippen molar-refractivity contribution in [2.45, 2.75) is 52.2 Å². The van der Waals surface area contributed by atoms with Gasteiger partial charge in [-0.25, -0.2) is 9.78 Å². The minimum atomic E-state index is -1.09. The minimum absolute atomic E-state index is 0.141. The summed E-state index contributed by atoms with van der Waals surface area (Å²) in [7, 11) is 0. The van der Waals surface area contributed by atoms with Crippen molar-refractivity contribution in [3.8, 4) is 17.0 Å². The zero-order chi connectivity index (χ0) is 35.8. The van der Waals surface area contributed by atoms with E-state index in [9.17, 15) is 19.2 Å². The van der Waals surface area contributed by atoms with Gasteiger partial charge in [-0.15, -0.1) is 0 Å². The first-order valence-corrected chi connectivity index (χ1v) is 18.1. The average molecular weight is 766 g/mol. The van der Waals surface area contributed by atoms with Crippen LogP contribution in [-0.4, -0.2) is 34.7 Å². The summed E-state index contributed by atoms with van der Waals surface area (Å²) >= 11 is 10.1. The summed E-state index contributed by atoms with van der Waals surface area (Å²) in [5.41, 5.74) is 4.39. The van der Waals surface area contributed by atoms with Crippen LogP contribution in [0.15, 0.2) is 95.5 Å². The molecule has 3 unspecified atom stereocenters. The Hall–Kier alpha value is -4.86. The Balaban J connectivity index is 1.13. The maximum Gasteiger partial charge on any atom is 0.339 e. The van der Waals surface area contributed by atoms with Crippen LogP contribution in [0.25, 0.3) is 22.2 Å². The number of aryl methyl sites for hydroxylation is 1. The molecule has 0 bridgehead atoms. The van der Waals surface area contributed by atoms with Crippen LogP contribution in [0.4, 0.5) is 5.69 Å². The van der Waals surface area contributed by atoms with Gasteiger partial charge in [0.1, 0.15) is 12.4 Å². The summed E-state index contributed by atoms with van der Waals surface area (Å²) in [6.45, 7) is 3.75. The summed E-state index contributed by atoms with van der Waals surface area (Å²) in [4.78, 5) is 59.8. The molecule has 7 rings (SSSR count). The zero-order valence-corrected chi connectivity index (χ0v) is 30.4. The molecule has 5 aromatic rings. The number of pyridine rings is 1. The molecule has 258 valence electrons. The van der Waals surface area contributed by atoms with E-state index in [4.69, 9.17) is 26.1 Å². The van der Waals surface area contributed by atoms with Crippen LogP contribution >= 0.6 is 27.5 Å². The third kappa shape index (κ3) is 6.80. The first-order valence-electron chi connectivity index (χ1n) is 16.9. The molecule has 1 saturated carbocycles. The fourth-order valence-corrected chi connectivity index (χ4v) is 7.61. The number of anilines is 1. The van der Waals surface area contributed by atoms with E-state index >= 15 is 0 Å². The number of imide groups is 1. The number of nitrogens with zero attached hydrogens (tertiary/aromatic N) is 2. The molecule has 3 atom stereocenters. The summed E-state index contributed by atoms with van der Waals surface area (Å²) < 4.78 is 12.2. The number of hydrogen-bond acceptors (Lipinski definition) is 7. The lowest BCUT2D eigenvalue weighted by Crippen LogP contribution is -2.30. The molecule has 4 aromatic carbocycles. The van der Waals surface area contributed by atoms with E-state index in [1.54, 1.807) is 60.7 Å². The van der Waals surface area contributed by atoms with E-state index in [-0.39, 0.29) is 35.0 Å². The molecule has 2 heterocycles. The highest BCUT2D eigenvalue weighted by Gasteiger charge is 2.48. The number of halogens is 2. The van der Waals surface area contributed by atoms with Gasteiger partial charge in [0.2, 0.25) is 17.6 Å². The van der Waals surface area contributed by atoms with Crippen LogP contribution in [0.1, 0.15) is 64.4 Å². The van der Waals surface area contributed by atoms with Gasteiger partial charge in [-0.3, -0.25) is 19.3 Å². The van der Waals surface area contributed by atoms with E-state index in [1.807, 2.05) is 37.3 Å². The van der Waals surface area contributed by atoms with Crippen molar-refractivity contribution in [1.82, 2.24) is 4.98 Å². The molecule has 51 heavy (non-hydrogen) atoms. The molecule has 1 aromatic heterocycles. The molecule has 1 aliphatic carbocycles. The molecular formula is C41H34BrClN2O6. The van der Waals surface area contributed by atoms with Gasteiger partial charge >= 0.3 is 5.97 Å². The molecule has 0 N–H and O–H groups in total. The van der Waals surface area contributed by atoms with Crippen molar-refractivity contribution in [2.75, 3.05) is 4.90 Å². The Labute approximate surface area is 308 Å². The second-order valence-electron chi connectivity index (χ2n) is 13.0. The number of carbonyl (C=O) groups excluding carboxylic acids is 4. The molecule has 8 nitrogen and oxygen atoms in total. The van der Waals surface area contributed by atoms with Crippen LogP contribution in [0.2, 0.25) is 5.02 Å². The van der Waals surface area contributed by atoms with Crippen LogP contribution < -0.4 is 9.64 Å². The highest BCUT2D eigenvalue weighted by molar-refractivity contribution is 9.10. The molecule has 2 amide bonds. The highest BCUT2D eigenvalue weighted by Crippen LogP contribution is 2.41. The van der Waals surface area contributed by atoms with Crippen molar-refractivity contribution in [1.29, 1.82) is 0 Å². The lowest BCUT2D eigenvalue weighted by atomic mass is 9.81. The summed E-state index contributed by atoms with van der Waals surface area (Å²) in [5.74, 6) is -1.23. The number of Topliss-reactive ketones (excluding diaryl/α,β-unsaturated/α-hetero) is 1. The predicted molar refractivity (Wildman–Crippen MR) is 199 cm³/mol. The molecule has 1 saturated heterocycles. The van der Waals surface area contributed by atoms with E-state index in [1.165, 1.54) is 11.8 Å². The molecular weight excluding hydrogens is 732 g/mol. The minimum Gasteiger partial charge on any atom is -0.489 e. The largest absolute Gasteiger partial charge is 0.489 e. The lowest BCUT2D eigenvalue weighted by molar-refractivity contribution is -0.122. The quantitative estimate of drug-likeness (QED) is 0.0838. The van der Waals surface area contributed by atoms with E-state index in [0.717, 1.165) is 31.2 Å². The van der Waals surface area contributed by atoms with Crippen LogP contribution in [0.5, 0.6) is 5.75 Å². The number of esters is 1. The standard InChI is InChI=1S/C41H34BrClN2O6/c1-23-36(43)34(42)20-32-33(41(49)51-24(2)38(46)27-14-18-29(19-15-27)50-22-25-8-4-3-5-9-25)21-35(44-37(23)32)26-12-16-28(17-13-26)45-39(47)30-10-6-7-11-31(30)40(45)48/h3-5,8-9,12-21,24,30-31H,6-7,10-11,22H2,1-2H3. The number of benzene rings is 4. The Bertz CT molecular complexity index is 2150. The summed E-state index contributed by atoms with van der Waals surface area (Å²) in [5, 5.41) is 0.957. The van der Waals surface area contributed by atoms with E-state index in [2.05, 4.69) is 15.9 Å². The number of fused-ring (bicyclic) bond motifs is 2. The van der Waals surface area contributed by atoms with Crippen molar-refractivity contribution in [2.24, 2.45) is 11.8 Å². The molecule has 2 fully saturated rings. The monoisotopic (exact) mass is 764 g/mol. The van der Waals surface area contributed by atoms with Crippen molar-refractivity contribution in [3.05, 3.63) is 123 Å². The number of rotatable bonds is 9. The number of carbonyl (C=O) groups is 4. The predicted octanol–water partition coefficient (Wildman–Crippen LogP) is 9.31. The lowest BCUT2D eigenvalue weighted by Gasteiger charge is -2.19. The van der Waals surface area contributed by atoms with Gasteiger partial charge in [0.05, 0.1) is 39.3 Å². The number of ketones is 1. The topological polar surface area (TPSA) is 103 Å². The van der Waals surface area contributed by atoms with Gasteiger partial charge in [-0.2, -0.15) is 0 Å². The van der Waals surface area contributed by atoms with Crippen LogP contribution in [-0.2, 0) is 20.9 Å². The van der Waals surface area contributed by atoms with Gasteiger partial charge in [-0.05, 0) is 102 Å². The number of amides is 2. The Morgan fingerprint density at radius 3 is 2.22 bits per heavy atom. The Morgan fingerprint density at radius 1 is 0.922 bits per heavy atom. The van der Waals surface area contributed by atoms with Crippen molar-refractivity contribution >= 4 is 67.7 Å². The maximum atomic E-state index is 13.8.